The summed E-state index contributed by atoms with van der Waals surface area (Å²) in [4.78, 5) is 12.7. The van der Waals surface area contributed by atoms with Crippen molar-refractivity contribution < 1.29 is 14.3 Å². The fourth-order valence-corrected chi connectivity index (χ4v) is 2.64. The maximum Gasteiger partial charge on any atom is 0.196 e. The van der Waals surface area contributed by atoms with Gasteiger partial charge in [-0.15, -0.1) is 0 Å². The van der Waals surface area contributed by atoms with Gasteiger partial charge < -0.3 is 9.47 Å². The number of hydrogen-bond donors (Lipinski definition) is 0. The second-order valence-electron chi connectivity index (χ2n) is 5.02. The molecule has 0 bridgehead atoms. The normalized spacial score (nSPS) is 17.1. The molecule has 2 aromatic rings. The van der Waals surface area contributed by atoms with Crippen LogP contribution in [0, 0.1) is 0 Å². The summed E-state index contributed by atoms with van der Waals surface area (Å²) in [6.07, 6.45) is 0.372. The van der Waals surface area contributed by atoms with Crippen LogP contribution in [0.1, 0.15) is 34.5 Å². The number of benzene rings is 2. The third-order valence-electron chi connectivity index (χ3n) is 3.68. The SMILES string of the molecule is CCOc1ccc(C(=O)C2OCCc3ccccc32)cc1. The Morgan fingerprint density at radius 3 is 2.71 bits per heavy atom. The van der Waals surface area contributed by atoms with E-state index in [2.05, 4.69) is 6.07 Å². The van der Waals surface area contributed by atoms with Crippen LogP contribution in [0.2, 0.25) is 0 Å². The molecule has 3 heteroatoms. The maximum absolute atomic E-state index is 12.7. The molecule has 0 aromatic heterocycles. The molecule has 0 radical (unpaired) electrons. The van der Waals surface area contributed by atoms with Gasteiger partial charge in [0, 0.05) is 5.56 Å². The standard InChI is InChI=1S/C18H18O3/c1-2-20-15-9-7-14(8-10-15)17(19)18-16-6-4-3-5-13(16)11-12-21-18/h3-10,18H,2,11-12H2,1H3. The van der Waals surface area contributed by atoms with Crippen molar-refractivity contribution >= 4 is 5.78 Å². The lowest BCUT2D eigenvalue weighted by atomic mass is 9.92. The van der Waals surface area contributed by atoms with Gasteiger partial charge in [-0.2, -0.15) is 0 Å². The minimum absolute atomic E-state index is 0.00481. The molecule has 0 aliphatic carbocycles. The van der Waals surface area contributed by atoms with Crippen molar-refractivity contribution in [2.45, 2.75) is 19.4 Å². The monoisotopic (exact) mass is 282 g/mol. The quantitative estimate of drug-likeness (QED) is 0.804. The zero-order valence-corrected chi connectivity index (χ0v) is 12.0. The highest BCUT2D eigenvalue weighted by Gasteiger charge is 2.27. The fourth-order valence-electron chi connectivity index (χ4n) is 2.64. The highest BCUT2D eigenvalue weighted by atomic mass is 16.5. The van der Waals surface area contributed by atoms with Crippen LogP contribution in [0.15, 0.2) is 48.5 Å². The largest absolute Gasteiger partial charge is 0.494 e. The summed E-state index contributed by atoms with van der Waals surface area (Å²) in [6.45, 7) is 3.14. The second-order valence-corrected chi connectivity index (χ2v) is 5.02. The number of fused-ring (bicyclic) bond motifs is 1. The van der Waals surface area contributed by atoms with Crippen LogP contribution in [0.4, 0.5) is 0 Å². The summed E-state index contributed by atoms with van der Waals surface area (Å²) < 4.78 is 11.1. The number of ketones is 1. The van der Waals surface area contributed by atoms with Gasteiger partial charge in [0.05, 0.1) is 13.2 Å². The predicted octanol–water partition coefficient (Wildman–Crippen LogP) is 3.58. The van der Waals surface area contributed by atoms with Crippen LogP contribution in [-0.4, -0.2) is 19.0 Å². The van der Waals surface area contributed by atoms with Gasteiger partial charge in [0.25, 0.3) is 0 Å². The number of Topliss-reactive ketones (excluding diaryl/α,β-unsaturated/α-hetero) is 1. The van der Waals surface area contributed by atoms with Gasteiger partial charge in [-0.1, -0.05) is 24.3 Å². The minimum Gasteiger partial charge on any atom is -0.494 e. The topological polar surface area (TPSA) is 35.5 Å². The minimum atomic E-state index is -0.493. The Kier molecular flexibility index (Phi) is 4.02. The van der Waals surface area contributed by atoms with E-state index < -0.39 is 6.10 Å². The molecule has 0 N–H and O–H groups in total. The zero-order valence-electron chi connectivity index (χ0n) is 12.0. The van der Waals surface area contributed by atoms with E-state index in [0.29, 0.717) is 18.8 Å². The van der Waals surface area contributed by atoms with E-state index in [9.17, 15) is 4.79 Å². The first-order chi connectivity index (χ1) is 10.3. The molecule has 1 heterocycles. The van der Waals surface area contributed by atoms with E-state index in [4.69, 9.17) is 9.47 Å². The summed E-state index contributed by atoms with van der Waals surface area (Å²) in [6, 6.07) is 15.2. The second kappa shape index (κ2) is 6.10. The molecular formula is C18H18O3. The first-order valence-corrected chi connectivity index (χ1v) is 7.26. The van der Waals surface area contributed by atoms with Gasteiger partial charge in [0.15, 0.2) is 5.78 Å². The lowest BCUT2D eigenvalue weighted by molar-refractivity contribution is 0.0349. The molecule has 2 aromatic carbocycles. The average Bonchev–Trinajstić information content (AvgIpc) is 2.55. The van der Waals surface area contributed by atoms with E-state index in [1.807, 2.05) is 37.3 Å². The third kappa shape index (κ3) is 2.83. The van der Waals surface area contributed by atoms with Crippen LogP contribution >= 0.6 is 0 Å². The van der Waals surface area contributed by atoms with E-state index in [1.54, 1.807) is 12.1 Å². The van der Waals surface area contributed by atoms with E-state index >= 15 is 0 Å². The van der Waals surface area contributed by atoms with Crippen molar-refractivity contribution in [3.63, 3.8) is 0 Å². The first-order valence-electron chi connectivity index (χ1n) is 7.26. The molecular weight excluding hydrogens is 264 g/mol. The van der Waals surface area contributed by atoms with Gasteiger partial charge in [0.2, 0.25) is 0 Å². The van der Waals surface area contributed by atoms with E-state index in [-0.39, 0.29) is 5.78 Å². The lowest BCUT2D eigenvalue weighted by Gasteiger charge is -2.25. The Bertz CT molecular complexity index is 631. The molecule has 0 spiro atoms. The Morgan fingerprint density at radius 1 is 1.19 bits per heavy atom. The van der Waals surface area contributed by atoms with Crippen molar-refractivity contribution in [2.24, 2.45) is 0 Å². The molecule has 3 rings (SSSR count). The van der Waals surface area contributed by atoms with Gasteiger partial charge in [0.1, 0.15) is 11.9 Å². The van der Waals surface area contributed by atoms with Gasteiger partial charge in [-0.3, -0.25) is 4.79 Å². The summed E-state index contributed by atoms with van der Waals surface area (Å²) in [5, 5.41) is 0. The van der Waals surface area contributed by atoms with E-state index in [0.717, 1.165) is 17.7 Å². The van der Waals surface area contributed by atoms with Crippen molar-refractivity contribution in [3.8, 4) is 5.75 Å². The fraction of sp³-hybridized carbons (Fsp3) is 0.278. The van der Waals surface area contributed by atoms with Gasteiger partial charge in [-0.05, 0) is 48.7 Å². The van der Waals surface area contributed by atoms with Crippen molar-refractivity contribution in [2.75, 3.05) is 13.2 Å². The van der Waals surface area contributed by atoms with Crippen molar-refractivity contribution in [1.82, 2.24) is 0 Å². The smallest absolute Gasteiger partial charge is 0.196 e. The van der Waals surface area contributed by atoms with Crippen molar-refractivity contribution in [1.29, 1.82) is 0 Å². The Hall–Kier alpha value is -2.13. The Morgan fingerprint density at radius 2 is 1.95 bits per heavy atom. The highest BCUT2D eigenvalue weighted by Crippen LogP contribution is 2.30. The molecule has 0 saturated heterocycles. The van der Waals surface area contributed by atoms with Crippen molar-refractivity contribution in [3.05, 3.63) is 65.2 Å². The van der Waals surface area contributed by atoms with Crippen LogP contribution in [0.25, 0.3) is 0 Å². The molecule has 1 aliphatic rings. The molecule has 108 valence electrons. The van der Waals surface area contributed by atoms with Gasteiger partial charge >= 0.3 is 0 Å². The summed E-state index contributed by atoms with van der Waals surface area (Å²) in [5.41, 5.74) is 2.84. The Labute approximate surface area is 124 Å². The van der Waals surface area contributed by atoms with Crippen LogP contribution in [0.3, 0.4) is 0 Å². The summed E-state index contributed by atoms with van der Waals surface area (Å²) in [5.74, 6) is 0.782. The number of ether oxygens (including phenoxy) is 2. The molecule has 1 aliphatic heterocycles. The molecule has 0 saturated carbocycles. The van der Waals surface area contributed by atoms with Gasteiger partial charge in [-0.25, -0.2) is 0 Å². The number of carbonyl (C=O) groups is 1. The van der Waals surface area contributed by atoms with Crippen LogP contribution < -0.4 is 4.74 Å². The first kappa shape index (κ1) is 13.8. The number of hydrogen-bond acceptors (Lipinski definition) is 3. The lowest BCUT2D eigenvalue weighted by Crippen LogP contribution is -2.23. The predicted molar refractivity (Wildman–Crippen MR) is 80.8 cm³/mol. The molecule has 0 fully saturated rings. The van der Waals surface area contributed by atoms with Crippen LogP contribution in [-0.2, 0) is 11.2 Å². The molecule has 1 atom stereocenters. The molecule has 1 unspecified atom stereocenters. The van der Waals surface area contributed by atoms with Crippen LogP contribution in [0.5, 0.6) is 5.75 Å². The zero-order chi connectivity index (χ0) is 14.7. The Balaban J connectivity index is 1.86. The molecule has 0 amide bonds. The highest BCUT2D eigenvalue weighted by molar-refractivity contribution is 6.00. The molecule has 3 nitrogen and oxygen atoms in total. The maximum atomic E-state index is 12.7. The number of carbonyl (C=O) groups excluding carboxylic acids is 1. The molecule has 21 heavy (non-hydrogen) atoms. The van der Waals surface area contributed by atoms with E-state index in [1.165, 1.54) is 5.56 Å². The summed E-state index contributed by atoms with van der Waals surface area (Å²) in [7, 11) is 0. The third-order valence-corrected chi connectivity index (χ3v) is 3.68. The average molecular weight is 282 g/mol. The summed E-state index contributed by atoms with van der Waals surface area (Å²) >= 11 is 0. The number of rotatable bonds is 4.